The Labute approximate surface area is 166 Å². The first kappa shape index (κ1) is 19.8. The number of benzene rings is 2. The Morgan fingerprint density at radius 1 is 1.21 bits per heavy atom. The zero-order valence-corrected chi connectivity index (χ0v) is 15.8. The van der Waals surface area contributed by atoms with E-state index in [0.717, 1.165) is 0 Å². The lowest BCUT2D eigenvalue weighted by molar-refractivity contribution is -0.112. The summed E-state index contributed by atoms with van der Waals surface area (Å²) < 4.78 is 15.5. The molecule has 148 valence electrons. The van der Waals surface area contributed by atoms with Gasteiger partial charge in [-0.15, -0.1) is 0 Å². The van der Waals surface area contributed by atoms with Crippen molar-refractivity contribution in [3.8, 4) is 28.7 Å². The van der Waals surface area contributed by atoms with E-state index in [0.29, 0.717) is 22.6 Å². The predicted molar refractivity (Wildman–Crippen MR) is 104 cm³/mol. The summed E-state index contributed by atoms with van der Waals surface area (Å²) in [4.78, 5) is 24.6. The van der Waals surface area contributed by atoms with E-state index in [1.807, 2.05) is 0 Å². The van der Waals surface area contributed by atoms with E-state index in [9.17, 15) is 14.7 Å². The van der Waals surface area contributed by atoms with Crippen LogP contribution in [0.3, 0.4) is 0 Å². The molecule has 0 radical (unpaired) electrons. The van der Waals surface area contributed by atoms with Gasteiger partial charge in [0.1, 0.15) is 11.8 Å². The van der Waals surface area contributed by atoms with Gasteiger partial charge in [0.2, 0.25) is 6.79 Å². The van der Waals surface area contributed by atoms with Gasteiger partial charge in [-0.3, -0.25) is 4.79 Å². The maximum absolute atomic E-state index is 12.3. The number of methoxy groups -OCH3 is 1. The van der Waals surface area contributed by atoms with E-state index in [4.69, 9.17) is 19.5 Å². The number of amides is 1. The lowest BCUT2D eigenvalue weighted by Crippen LogP contribution is -2.16. The van der Waals surface area contributed by atoms with E-state index in [2.05, 4.69) is 5.32 Å². The zero-order valence-electron chi connectivity index (χ0n) is 15.8. The van der Waals surface area contributed by atoms with Gasteiger partial charge in [0.05, 0.1) is 12.7 Å². The smallest absolute Gasteiger partial charge is 0.338 e. The number of anilines is 1. The zero-order chi connectivity index (χ0) is 21.0. The van der Waals surface area contributed by atoms with Crippen LogP contribution >= 0.6 is 0 Å². The molecule has 1 aliphatic heterocycles. The number of nitriles is 1. The van der Waals surface area contributed by atoms with Crippen LogP contribution in [-0.4, -0.2) is 30.9 Å². The molecule has 2 aromatic rings. The molecule has 0 saturated carbocycles. The number of fused-ring (bicyclic) bond motifs is 1. The summed E-state index contributed by atoms with van der Waals surface area (Å²) in [7, 11) is 1.26. The highest BCUT2D eigenvalue weighted by Gasteiger charge is 2.20. The second-order valence-corrected chi connectivity index (χ2v) is 6.06. The van der Waals surface area contributed by atoms with Crippen LogP contribution in [0.1, 0.15) is 23.7 Å². The molecule has 8 heteroatoms. The first-order valence-corrected chi connectivity index (χ1v) is 8.74. The standard InChI is InChI=1S/C21H18N2O6/c1-3-17(24)16(10-22)20(25)23-13-5-6-14(15(9-13)21(26)27-2)12-4-7-18-19(8-12)29-11-28-18/h4-9,24H,3,11H2,1-2H3,(H,23,25)/b17-16-. The minimum atomic E-state index is -0.765. The number of aliphatic hydroxyl groups excluding tert-OH is 1. The van der Waals surface area contributed by atoms with Crippen LogP contribution in [-0.2, 0) is 9.53 Å². The molecule has 1 heterocycles. The molecule has 0 bridgehead atoms. The molecule has 0 aromatic heterocycles. The summed E-state index contributed by atoms with van der Waals surface area (Å²) in [6.07, 6.45) is 0.146. The van der Waals surface area contributed by atoms with Crippen molar-refractivity contribution >= 4 is 17.6 Å². The topological polar surface area (TPSA) is 118 Å². The van der Waals surface area contributed by atoms with Crippen molar-refractivity contribution in [2.45, 2.75) is 13.3 Å². The lowest BCUT2D eigenvalue weighted by atomic mass is 9.98. The van der Waals surface area contributed by atoms with Gasteiger partial charge in [0, 0.05) is 12.1 Å². The summed E-state index contributed by atoms with van der Waals surface area (Å²) in [6, 6.07) is 11.6. The first-order chi connectivity index (χ1) is 14.0. The van der Waals surface area contributed by atoms with Crippen LogP contribution in [0.25, 0.3) is 11.1 Å². The number of carbonyl (C=O) groups is 2. The van der Waals surface area contributed by atoms with Gasteiger partial charge in [-0.05, 0) is 35.4 Å². The van der Waals surface area contributed by atoms with E-state index in [1.165, 1.54) is 13.2 Å². The Morgan fingerprint density at radius 2 is 1.97 bits per heavy atom. The van der Waals surface area contributed by atoms with Crippen LogP contribution < -0.4 is 14.8 Å². The molecular formula is C21H18N2O6. The maximum atomic E-state index is 12.3. The molecule has 2 aromatic carbocycles. The molecule has 3 rings (SSSR count). The number of rotatable bonds is 5. The van der Waals surface area contributed by atoms with E-state index in [-0.39, 0.29) is 35.8 Å². The van der Waals surface area contributed by atoms with Crippen molar-refractivity contribution < 1.29 is 28.9 Å². The molecule has 8 nitrogen and oxygen atoms in total. The van der Waals surface area contributed by atoms with E-state index in [1.54, 1.807) is 43.3 Å². The van der Waals surface area contributed by atoms with E-state index >= 15 is 0 Å². The average molecular weight is 394 g/mol. The highest BCUT2D eigenvalue weighted by atomic mass is 16.7. The largest absolute Gasteiger partial charge is 0.511 e. The molecule has 0 spiro atoms. The van der Waals surface area contributed by atoms with E-state index < -0.39 is 11.9 Å². The van der Waals surface area contributed by atoms with Gasteiger partial charge in [-0.1, -0.05) is 19.1 Å². The monoisotopic (exact) mass is 394 g/mol. The quantitative estimate of drug-likeness (QED) is 0.344. The van der Waals surface area contributed by atoms with Gasteiger partial charge in [-0.25, -0.2) is 4.79 Å². The average Bonchev–Trinajstić information content (AvgIpc) is 3.21. The van der Waals surface area contributed by atoms with Crippen molar-refractivity contribution in [2.75, 3.05) is 19.2 Å². The van der Waals surface area contributed by atoms with Gasteiger partial charge in [-0.2, -0.15) is 5.26 Å². The van der Waals surface area contributed by atoms with Crippen LogP contribution in [0.15, 0.2) is 47.7 Å². The molecule has 2 N–H and O–H groups in total. The van der Waals surface area contributed by atoms with Gasteiger partial charge in [0.15, 0.2) is 17.1 Å². The highest BCUT2D eigenvalue weighted by Crippen LogP contribution is 2.37. The molecule has 1 aliphatic rings. The van der Waals surface area contributed by atoms with Gasteiger partial charge in [0.25, 0.3) is 5.91 Å². The molecule has 1 amide bonds. The van der Waals surface area contributed by atoms with Crippen LogP contribution in [0.4, 0.5) is 5.69 Å². The summed E-state index contributed by atoms with van der Waals surface area (Å²) >= 11 is 0. The van der Waals surface area contributed by atoms with Crippen LogP contribution in [0, 0.1) is 11.3 Å². The second kappa shape index (κ2) is 8.35. The number of allylic oxidation sites excluding steroid dienone is 1. The number of aliphatic hydroxyl groups is 1. The summed E-state index contributed by atoms with van der Waals surface area (Å²) in [5.41, 5.74) is 1.38. The maximum Gasteiger partial charge on any atom is 0.338 e. The fourth-order valence-electron chi connectivity index (χ4n) is 2.83. The summed E-state index contributed by atoms with van der Waals surface area (Å²) in [5.74, 6) is -0.492. The van der Waals surface area contributed by atoms with Crippen molar-refractivity contribution in [2.24, 2.45) is 0 Å². The Kier molecular flexibility index (Phi) is 5.69. The molecule has 29 heavy (non-hydrogen) atoms. The Bertz CT molecular complexity index is 1050. The third-order valence-corrected chi connectivity index (χ3v) is 4.33. The van der Waals surface area contributed by atoms with Crippen molar-refractivity contribution in [1.29, 1.82) is 5.26 Å². The van der Waals surface area contributed by atoms with Gasteiger partial charge >= 0.3 is 5.97 Å². The fourth-order valence-corrected chi connectivity index (χ4v) is 2.83. The molecule has 0 atom stereocenters. The Morgan fingerprint density at radius 3 is 2.66 bits per heavy atom. The third kappa shape index (κ3) is 3.99. The second-order valence-electron chi connectivity index (χ2n) is 6.06. The van der Waals surface area contributed by atoms with Crippen molar-refractivity contribution in [3.63, 3.8) is 0 Å². The van der Waals surface area contributed by atoms with Crippen LogP contribution in [0.5, 0.6) is 11.5 Å². The molecular weight excluding hydrogens is 376 g/mol. The molecule has 0 fully saturated rings. The Balaban J connectivity index is 1.98. The Hall–Kier alpha value is -3.99. The first-order valence-electron chi connectivity index (χ1n) is 8.74. The number of ether oxygens (including phenoxy) is 3. The normalized spacial score (nSPS) is 12.6. The predicted octanol–water partition coefficient (Wildman–Crippen LogP) is 3.55. The molecule has 0 saturated heterocycles. The number of hydrogen-bond acceptors (Lipinski definition) is 7. The lowest BCUT2D eigenvalue weighted by Gasteiger charge is -2.12. The SMILES string of the molecule is CC/C(O)=C(\C#N)C(=O)Nc1ccc(-c2ccc3c(c2)OCO3)c(C(=O)OC)c1. The number of nitrogens with zero attached hydrogens (tertiary/aromatic N) is 1. The minimum absolute atomic E-state index is 0.132. The fraction of sp³-hybridized carbons (Fsp3) is 0.190. The number of carbonyl (C=O) groups excluding carboxylic acids is 2. The van der Waals surface area contributed by atoms with Crippen molar-refractivity contribution in [1.82, 2.24) is 0 Å². The molecule has 0 unspecified atom stereocenters. The number of esters is 1. The van der Waals surface area contributed by atoms with Gasteiger partial charge < -0.3 is 24.6 Å². The number of hydrogen-bond donors (Lipinski definition) is 2. The minimum Gasteiger partial charge on any atom is -0.511 e. The number of nitrogens with one attached hydrogen (secondary N) is 1. The summed E-state index contributed by atoms with van der Waals surface area (Å²) in [5, 5.41) is 21.3. The van der Waals surface area contributed by atoms with Crippen LogP contribution in [0.2, 0.25) is 0 Å². The molecule has 0 aliphatic carbocycles. The summed E-state index contributed by atoms with van der Waals surface area (Å²) in [6.45, 7) is 1.75. The highest BCUT2D eigenvalue weighted by molar-refractivity contribution is 6.08. The third-order valence-electron chi connectivity index (χ3n) is 4.33. The van der Waals surface area contributed by atoms with Crippen molar-refractivity contribution in [3.05, 3.63) is 53.3 Å².